The average molecular weight is 490 g/mol. The highest BCUT2D eigenvalue weighted by atomic mass is 35.5. The van der Waals surface area contributed by atoms with E-state index in [-0.39, 0.29) is 11.2 Å². The molecule has 1 atom stereocenters. The molecule has 0 saturated heterocycles. The second kappa shape index (κ2) is 10.00. The molecule has 0 radical (unpaired) electrons. The molecular weight excluding hydrogens is 468 g/mol. The highest BCUT2D eigenvalue weighted by molar-refractivity contribution is 6.29. The Kier molecular flexibility index (Phi) is 6.87. The highest BCUT2D eigenvalue weighted by Gasteiger charge is 2.17. The number of ether oxygens (including phenoxy) is 1. The number of aryl methyl sites for hydroxylation is 1. The molecule has 0 aliphatic rings. The van der Waals surface area contributed by atoms with Crippen molar-refractivity contribution in [1.82, 2.24) is 34.5 Å². The third-order valence-electron chi connectivity index (χ3n) is 4.95. The summed E-state index contributed by atoms with van der Waals surface area (Å²) in [6, 6.07) is 4.67. The Morgan fingerprint density at radius 1 is 1.21 bits per heavy atom. The van der Waals surface area contributed by atoms with E-state index in [1.165, 1.54) is 18.5 Å². The predicted octanol–water partition coefficient (Wildman–Crippen LogP) is 4.04. The van der Waals surface area contributed by atoms with Crippen molar-refractivity contribution in [2.45, 2.75) is 25.9 Å². The molecule has 34 heavy (non-hydrogen) atoms. The second-order valence-corrected chi connectivity index (χ2v) is 7.87. The zero-order valence-corrected chi connectivity index (χ0v) is 19.1. The number of nitrogens with one attached hydrogen (secondary N) is 1. The summed E-state index contributed by atoms with van der Waals surface area (Å²) < 4.78 is 34.0. The lowest BCUT2D eigenvalue weighted by atomic mass is 10.1. The first-order chi connectivity index (χ1) is 16.3. The van der Waals surface area contributed by atoms with Crippen LogP contribution in [-0.4, -0.2) is 47.2 Å². The van der Waals surface area contributed by atoms with Gasteiger partial charge in [0.25, 0.3) is 0 Å². The maximum atomic E-state index is 12.9. The first-order valence-corrected chi connectivity index (χ1v) is 10.7. The van der Waals surface area contributed by atoms with Gasteiger partial charge in [-0.3, -0.25) is 0 Å². The van der Waals surface area contributed by atoms with Crippen LogP contribution >= 0.6 is 11.6 Å². The summed E-state index contributed by atoms with van der Waals surface area (Å²) in [7, 11) is 1.76. The summed E-state index contributed by atoms with van der Waals surface area (Å²) in [6.45, 7) is -0.405. The molecule has 4 aromatic rings. The van der Waals surface area contributed by atoms with Gasteiger partial charge in [0.05, 0.1) is 18.5 Å². The Hall–Kier alpha value is -3.80. The van der Waals surface area contributed by atoms with Crippen LogP contribution in [0.15, 0.2) is 43.0 Å². The van der Waals surface area contributed by atoms with Gasteiger partial charge in [0.2, 0.25) is 5.88 Å². The third kappa shape index (κ3) is 5.22. The summed E-state index contributed by atoms with van der Waals surface area (Å²) in [5, 5.41) is 11.7. The fraction of sp³-hybridized carbons (Fsp3) is 0.286. The number of hydrogen-bond acceptors (Lipinski definition) is 8. The number of hydrogen-bond donors (Lipinski definition) is 2. The van der Waals surface area contributed by atoms with Crippen LogP contribution in [0.1, 0.15) is 19.9 Å². The Balaban J connectivity index is 1.43. The van der Waals surface area contributed by atoms with Crippen molar-refractivity contribution in [1.29, 1.82) is 0 Å². The number of pyridine rings is 1. The number of anilines is 2. The Labute approximate surface area is 198 Å². The Morgan fingerprint density at radius 3 is 2.76 bits per heavy atom. The summed E-state index contributed by atoms with van der Waals surface area (Å²) >= 11 is 6.07. The molecule has 0 spiro atoms. The maximum absolute atomic E-state index is 12.9. The van der Waals surface area contributed by atoms with Crippen molar-refractivity contribution in [2.24, 2.45) is 7.05 Å². The quantitative estimate of drug-likeness (QED) is 0.338. The molecule has 0 saturated carbocycles. The molecule has 13 heteroatoms. The molecule has 4 aromatic heterocycles. The summed E-state index contributed by atoms with van der Waals surface area (Å²) in [5.41, 5.74) is 7.94. The van der Waals surface area contributed by atoms with Crippen LogP contribution < -0.4 is 15.8 Å². The van der Waals surface area contributed by atoms with Gasteiger partial charge in [0.15, 0.2) is 5.82 Å². The van der Waals surface area contributed by atoms with Crippen LogP contribution in [0.4, 0.5) is 20.3 Å². The van der Waals surface area contributed by atoms with E-state index in [1.807, 2.05) is 6.92 Å². The van der Waals surface area contributed by atoms with Gasteiger partial charge in [-0.2, -0.15) is 19.0 Å². The van der Waals surface area contributed by atoms with Gasteiger partial charge in [0.1, 0.15) is 16.5 Å². The van der Waals surface area contributed by atoms with E-state index in [4.69, 9.17) is 22.1 Å². The van der Waals surface area contributed by atoms with Crippen molar-refractivity contribution in [3.63, 3.8) is 0 Å². The summed E-state index contributed by atoms with van der Waals surface area (Å²) in [5.74, 6) is 1.29. The molecule has 0 fully saturated rings. The maximum Gasteiger partial charge on any atom is 0.333 e. The average Bonchev–Trinajstić information content (AvgIpc) is 3.42. The minimum absolute atomic E-state index is 0.0605. The molecule has 0 unspecified atom stereocenters. The topological polar surface area (TPSA) is 122 Å². The van der Waals surface area contributed by atoms with Crippen LogP contribution in [0, 0.1) is 0 Å². The molecule has 0 bridgehead atoms. The molecule has 0 aromatic carbocycles. The third-order valence-corrected chi connectivity index (χ3v) is 5.16. The normalized spacial score (nSPS) is 12.2. The molecule has 4 heterocycles. The molecule has 178 valence electrons. The molecular formula is C21H22ClF2N9O. The highest BCUT2D eigenvalue weighted by Crippen LogP contribution is 2.30. The van der Waals surface area contributed by atoms with Gasteiger partial charge in [-0.25, -0.2) is 24.3 Å². The standard InChI is InChI=1S/C21H22ClF2N9O/c1-12(5-8-34-20-14(11-28-32(20)2)19-26-6-3-18(25)30-19)29-16-9-17(22)27-10-13(16)15-4-7-33(31-15)21(23)24/h3-4,6-7,9-12,21H,5,8H2,1-2H3,(H,27,29)(H2,25,26,30)/t12-/m1/s1. The number of halogens is 3. The molecule has 3 N–H and O–H groups in total. The Bertz CT molecular complexity index is 1280. The monoisotopic (exact) mass is 489 g/mol. The minimum Gasteiger partial charge on any atom is -0.477 e. The van der Waals surface area contributed by atoms with Crippen molar-refractivity contribution in [3.05, 3.63) is 48.1 Å². The molecule has 4 rings (SSSR count). The van der Waals surface area contributed by atoms with E-state index in [0.717, 1.165) is 0 Å². The SMILES string of the molecule is C[C@H](CCOc1c(-c2nccc(N)n2)cnn1C)Nc1cc(Cl)ncc1-c1ccn(C(F)F)n1. The number of aromatic nitrogens is 7. The number of alkyl halides is 2. The number of rotatable bonds is 9. The van der Waals surface area contributed by atoms with E-state index in [9.17, 15) is 8.78 Å². The van der Waals surface area contributed by atoms with E-state index in [1.54, 1.807) is 36.3 Å². The van der Waals surface area contributed by atoms with Crippen LogP contribution in [-0.2, 0) is 7.05 Å². The van der Waals surface area contributed by atoms with E-state index < -0.39 is 6.55 Å². The minimum atomic E-state index is -2.73. The van der Waals surface area contributed by atoms with Crippen LogP contribution in [0.25, 0.3) is 22.6 Å². The predicted molar refractivity (Wildman–Crippen MR) is 124 cm³/mol. The number of nitrogens with zero attached hydrogens (tertiary/aromatic N) is 7. The number of nitrogens with two attached hydrogens (primary N) is 1. The lowest BCUT2D eigenvalue weighted by molar-refractivity contribution is 0.0568. The van der Waals surface area contributed by atoms with Gasteiger partial charge >= 0.3 is 6.55 Å². The largest absolute Gasteiger partial charge is 0.477 e. The summed E-state index contributed by atoms with van der Waals surface area (Å²) in [4.78, 5) is 12.5. The molecule has 10 nitrogen and oxygen atoms in total. The zero-order valence-electron chi connectivity index (χ0n) is 18.4. The van der Waals surface area contributed by atoms with Gasteiger partial charge in [-0.05, 0) is 25.1 Å². The molecule has 0 aliphatic carbocycles. The van der Waals surface area contributed by atoms with Crippen LogP contribution in [0.5, 0.6) is 5.88 Å². The van der Waals surface area contributed by atoms with Crippen LogP contribution in [0.2, 0.25) is 5.15 Å². The number of nitrogen functional groups attached to an aromatic ring is 1. The van der Waals surface area contributed by atoms with E-state index in [0.29, 0.717) is 57.7 Å². The lowest BCUT2D eigenvalue weighted by Gasteiger charge is -2.18. The van der Waals surface area contributed by atoms with Gasteiger partial charge < -0.3 is 15.8 Å². The van der Waals surface area contributed by atoms with Crippen molar-refractivity contribution >= 4 is 23.1 Å². The van der Waals surface area contributed by atoms with Crippen LogP contribution in [0.3, 0.4) is 0 Å². The Morgan fingerprint density at radius 2 is 2.03 bits per heavy atom. The van der Waals surface area contributed by atoms with E-state index >= 15 is 0 Å². The molecule has 0 amide bonds. The smallest absolute Gasteiger partial charge is 0.333 e. The van der Waals surface area contributed by atoms with E-state index in [2.05, 4.69) is 30.5 Å². The second-order valence-electron chi connectivity index (χ2n) is 7.49. The van der Waals surface area contributed by atoms with Gasteiger partial charge in [-0.1, -0.05) is 11.6 Å². The first-order valence-electron chi connectivity index (χ1n) is 10.3. The fourth-order valence-electron chi connectivity index (χ4n) is 3.27. The first kappa shape index (κ1) is 23.4. The molecule has 0 aliphatic heterocycles. The summed E-state index contributed by atoms with van der Waals surface area (Å²) in [6.07, 6.45) is 6.51. The van der Waals surface area contributed by atoms with Gasteiger partial charge in [0, 0.05) is 49.4 Å². The van der Waals surface area contributed by atoms with Crippen molar-refractivity contribution < 1.29 is 13.5 Å². The lowest BCUT2D eigenvalue weighted by Crippen LogP contribution is -2.19. The van der Waals surface area contributed by atoms with Crippen molar-refractivity contribution in [3.8, 4) is 28.5 Å². The van der Waals surface area contributed by atoms with Crippen molar-refractivity contribution in [2.75, 3.05) is 17.7 Å². The fourth-order valence-corrected chi connectivity index (χ4v) is 3.42. The zero-order chi connectivity index (χ0) is 24.2. The van der Waals surface area contributed by atoms with Gasteiger partial charge in [-0.15, -0.1) is 0 Å².